The maximum absolute atomic E-state index is 3.13. The minimum atomic E-state index is 0.502. The Labute approximate surface area is 93.7 Å². The van der Waals surface area contributed by atoms with Crippen LogP contribution in [0.2, 0.25) is 0 Å². The maximum atomic E-state index is 3.13. The van der Waals surface area contributed by atoms with Gasteiger partial charge >= 0.3 is 0 Å². The Bertz CT molecular complexity index is 275. The first-order valence-electron chi connectivity index (χ1n) is 6.34. The predicted octanol–water partition coefficient (Wildman–Crippen LogP) is 4.49. The summed E-state index contributed by atoms with van der Waals surface area (Å²) in [4.78, 5) is 0. The molecule has 1 aromatic carbocycles. The van der Waals surface area contributed by atoms with Crippen LogP contribution in [0.1, 0.15) is 57.4 Å². The Hall–Kier alpha value is -0.780. The molecule has 1 saturated carbocycles. The largest absolute Gasteiger partial charge is 0.0654 e. The number of benzene rings is 1. The second-order valence-corrected chi connectivity index (χ2v) is 4.88. The maximum Gasteiger partial charge on any atom is -0.00471 e. The molecule has 0 heteroatoms. The molecule has 0 aromatic heterocycles. The molecule has 81 valence electrons. The van der Waals surface area contributed by atoms with Gasteiger partial charge in [-0.1, -0.05) is 56.9 Å². The molecule has 1 aromatic rings. The van der Waals surface area contributed by atoms with Crippen LogP contribution in [0.4, 0.5) is 0 Å². The summed E-state index contributed by atoms with van der Waals surface area (Å²) in [7, 11) is 0. The first-order chi connectivity index (χ1) is 7.37. The van der Waals surface area contributed by atoms with E-state index in [1.807, 2.05) is 0 Å². The number of rotatable bonds is 3. The molecule has 0 aliphatic heterocycles. The normalized spacial score (nSPS) is 20.1. The summed E-state index contributed by atoms with van der Waals surface area (Å²) in [6.45, 7) is 2.31. The molecule has 0 unspecified atom stereocenters. The monoisotopic (exact) mass is 201 g/mol. The molecular formula is C15H21. The van der Waals surface area contributed by atoms with Crippen LogP contribution < -0.4 is 0 Å². The van der Waals surface area contributed by atoms with E-state index in [-0.39, 0.29) is 0 Å². The fourth-order valence-corrected chi connectivity index (χ4v) is 3.13. The van der Waals surface area contributed by atoms with Gasteiger partial charge in [0.15, 0.2) is 0 Å². The molecule has 1 fully saturated rings. The van der Waals surface area contributed by atoms with Crippen molar-refractivity contribution in [2.75, 3.05) is 0 Å². The van der Waals surface area contributed by atoms with E-state index in [4.69, 9.17) is 0 Å². The zero-order chi connectivity index (χ0) is 10.6. The molecule has 0 bridgehead atoms. The van der Waals surface area contributed by atoms with E-state index in [0.717, 1.165) is 0 Å². The van der Waals surface area contributed by atoms with Crippen molar-refractivity contribution < 1.29 is 0 Å². The molecule has 0 saturated heterocycles. The third kappa shape index (κ3) is 2.25. The molecule has 0 spiro atoms. The van der Waals surface area contributed by atoms with Crippen LogP contribution in [0.5, 0.6) is 0 Å². The van der Waals surface area contributed by atoms with Gasteiger partial charge in [0.2, 0.25) is 0 Å². The smallest absolute Gasteiger partial charge is 0.00471 e. The van der Waals surface area contributed by atoms with Crippen molar-refractivity contribution in [2.45, 2.75) is 57.3 Å². The van der Waals surface area contributed by atoms with Crippen LogP contribution in [0.15, 0.2) is 24.3 Å². The third-order valence-corrected chi connectivity index (χ3v) is 3.87. The van der Waals surface area contributed by atoms with Crippen molar-refractivity contribution in [2.24, 2.45) is 0 Å². The predicted molar refractivity (Wildman–Crippen MR) is 64.9 cm³/mol. The first kappa shape index (κ1) is 10.7. The molecular weight excluding hydrogens is 180 g/mol. The van der Waals surface area contributed by atoms with E-state index in [1.54, 1.807) is 5.56 Å². The minimum absolute atomic E-state index is 0.502. The summed E-state index contributed by atoms with van der Waals surface area (Å²) < 4.78 is 0. The Balaban J connectivity index is 2.25. The van der Waals surface area contributed by atoms with E-state index in [9.17, 15) is 0 Å². The van der Waals surface area contributed by atoms with E-state index in [1.165, 1.54) is 44.9 Å². The third-order valence-electron chi connectivity index (χ3n) is 3.87. The average molecular weight is 201 g/mol. The minimum Gasteiger partial charge on any atom is -0.0654 e. The quantitative estimate of drug-likeness (QED) is 0.676. The summed E-state index contributed by atoms with van der Waals surface area (Å²) >= 11 is 0. The topological polar surface area (TPSA) is 0 Å². The highest BCUT2D eigenvalue weighted by atomic mass is 14.4. The summed E-state index contributed by atoms with van der Waals surface area (Å²) in [6, 6.07) is 11.8. The summed E-state index contributed by atoms with van der Waals surface area (Å²) in [5, 5.41) is 0. The van der Waals surface area contributed by atoms with Gasteiger partial charge in [-0.25, -0.2) is 0 Å². The van der Waals surface area contributed by atoms with Gasteiger partial charge in [0.1, 0.15) is 0 Å². The van der Waals surface area contributed by atoms with Gasteiger partial charge in [-0.15, -0.1) is 0 Å². The van der Waals surface area contributed by atoms with Crippen LogP contribution in [0.3, 0.4) is 0 Å². The molecule has 1 aliphatic carbocycles. The van der Waals surface area contributed by atoms with Crippen LogP contribution in [0.25, 0.3) is 0 Å². The Morgan fingerprint density at radius 3 is 2.40 bits per heavy atom. The van der Waals surface area contributed by atoms with Crippen molar-refractivity contribution in [1.29, 1.82) is 0 Å². The van der Waals surface area contributed by atoms with Crippen molar-refractivity contribution in [1.82, 2.24) is 0 Å². The van der Waals surface area contributed by atoms with Crippen molar-refractivity contribution in [3.63, 3.8) is 0 Å². The van der Waals surface area contributed by atoms with Gasteiger partial charge in [-0.05, 0) is 36.3 Å². The van der Waals surface area contributed by atoms with Crippen molar-refractivity contribution >= 4 is 0 Å². The Morgan fingerprint density at radius 1 is 1.13 bits per heavy atom. The fraction of sp³-hybridized carbons (Fsp3) is 0.600. The van der Waals surface area contributed by atoms with Crippen LogP contribution in [-0.2, 0) is 5.41 Å². The zero-order valence-corrected chi connectivity index (χ0v) is 9.76. The highest BCUT2D eigenvalue weighted by Gasteiger charge is 2.32. The molecule has 0 atom stereocenters. The van der Waals surface area contributed by atoms with E-state index in [0.29, 0.717) is 5.41 Å². The summed E-state index contributed by atoms with van der Waals surface area (Å²) in [5.74, 6) is 0. The number of hydrogen-bond donors (Lipinski definition) is 0. The molecule has 0 amide bonds. The SMILES string of the molecule is CCCC1(c2cc[c]cc2)CCCCC1. The Morgan fingerprint density at radius 2 is 1.80 bits per heavy atom. The highest BCUT2D eigenvalue weighted by molar-refractivity contribution is 5.25. The van der Waals surface area contributed by atoms with Crippen LogP contribution in [0, 0.1) is 6.07 Å². The van der Waals surface area contributed by atoms with Gasteiger partial charge in [0, 0.05) is 0 Å². The molecule has 2 rings (SSSR count). The molecule has 1 aliphatic rings. The highest BCUT2D eigenvalue weighted by Crippen LogP contribution is 2.42. The number of hydrogen-bond acceptors (Lipinski definition) is 0. The van der Waals surface area contributed by atoms with Crippen molar-refractivity contribution in [3.05, 3.63) is 35.9 Å². The van der Waals surface area contributed by atoms with Crippen LogP contribution in [-0.4, -0.2) is 0 Å². The fourth-order valence-electron chi connectivity index (χ4n) is 3.13. The zero-order valence-electron chi connectivity index (χ0n) is 9.76. The van der Waals surface area contributed by atoms with E-state index in [2.05, 4.69) is 37.3 Å². The van der Waals surface area contributed by atoms with Gasteiger partial charge in [0.05, 0.1) is 0 Å². The molecule has 1 radical (unpaired) electrons. The van der Waals surface area contributed by atoms with Gasteiger partial charge in [0.25, 0.3) is 0 Å². The van der Waals surface area contributed by atoms with Crippen molar-refractivity contribution in [3.8, 4) is 0 Å². The first-order valence-corrected chi connectivity index (χ1v) is 6.34. The lowest BCUT2D eigenvalue weighted by atomic mass is 9.67. The molecule has 15 heavy (non-hydrogen) atoms. The van der Waals surface area contributed by atoms with E-state index >= 15 is 0 Å². The average Bonchev–Trinajstić information content (AvgIpc) is 2.32. The van der Waals surface area contributed by atoms with Gasteiger partial charge in [-0.2, -0.15) is 0 Å². The standard InChI is InChI=1S/C15H21/c1-2-11-15(12-7-4-8-13-15)14-9-5-3-6-10-14/h5-6,9-10H,2,4,7-8,11-13H2,1H3. The van der Waals surface area contributed by atoms with Gasteiger partial charge in [-0.3, -0.25) is 0 Å². The van der Waals surface area contributed by atoms with Gasteiger partial charge < -0.3 is 0 Å². The lowest BCUT2D eigenvalue weighted by molar-refractivity contribution is 0.271. The molecule has 0 heterocycles. The summed E-state index contributed by atoms with van der Waals surface area (Å²) in [5.41, 5.74) is 2.06. The summed E-state index contributed by atoms with van der Waals surface area (Å²) in [6.07, 6.45) is 9.72. The molecule has 0 nitrogen and oxygen atoms in total. The lowest BCUT2D eigenvalue weighted by Crippen LogP contribution is -2.28. The van der Waals surface area contributed by atoms with E-state index < -0.39 is 0 Å². The Kier molecular flexibility index (Phi) is 3.45. The van der Waals surface area contributed by atoms with Crippen LogP contribution >= 0.6 is 0 Å². The molecule has 0 N–H and O–H groups in total. The second kappa shape index (κ2) is 4.83. The lowest BCUT2D eigenvalue weighted by Gasteiger charge is -2.38. The second-order valence-electron chi connectivity index (χ2n) is 4.88.